The average Bonchev–Trinajstić information content (AvgIpc) is 2.42. The van der Waals surface area contributed by atoms with Crippen LogP contribution in [0.25, 0.3) is 0 Å². The van der Waals surface area contributed by atoms with Gasteiger partial charge in [0.15, 0.2) is 0 Å². The molecule has 0 bridgehead atoms. The number of amides is 1. The normalized spacial score (nSPS) is 11.3. The van der Waals surface area contributed by atoms with Gasteiger partial charge in [-0.25, -0.2) is 0 Å². The molecule has 110 valence electrons. The molecule has 21 heavy (non-hydrogen) atoms. The summed E-state index contributed by atoms with van der Waals surface area (Å²) in [5, 5.41) is 3.51. The lowest BCUT2D eigenvalue weighted by Gasteiger charge is -2.19. The van der Waals surface area contributed by atoms with Gasteiger partial charge in [0, 0.05) is 16.3 Å². The van der Waals surface area contributed by atoms with Crippen molar-refractivity contribution in [2.75, 3.05) is 5.32 Å². The summed E-state index contributed by atoms with van der Waals surface area (Å²) in [6.07, 6.45) is 0. The Morgan fingerprint density at radius 2 is 1.67 bits per heavy atom. The van der Waals surface area contributed by atoms with Crippen LogP contribution in [0.3, 0.4) is 0 Å². The fourth-order valence-electron chi connectivity index (χ4n) is 2.04. The SMILES string of the molecule is Cc1ccc(Cl)cc1NC(=O)c1ccc(C(C)(C)C)cc1. The summed E-state index contributed by atoms with van der Waals surface area (Å²) in [6, 6.07) is 13.2. The average molecular weight is 302 g/mol. The highest BCUT2D eigenvalue weighted by Crippen LogP contribution is 2.23. The van der Waals surface area contributed by atoms with Crippen molar-refractivity contribution in [3.05, 3.63) is 64.2 Å². The molecule has 0 atom stereocenters. The van der Waals surface area contributed by atoms with E-state index >= 15 is 0 Å². The topological polar surface area (TPSA) is 29.1 Å². The van der Waals surface area contributed by atoms with Crippen LogP contribution in [-0.4, -0.2) is 5.91 Å². The molecule has 2 aromatic rings. The molecule has 0 aromatic heterocycles. The highest BCUT2D eigenvalue weighted by Gasteiger charge is 2.14. The lowest BCUT2D eigenvalue weighted by atomic mass is 9.87. The molecule has 0 fully saturated rings. The minimum Gasteiger partial charge on any atom is -0.322 e. The van der Waals surface area contributed by atoms with E-state index in [9.17, 15) is 4.79 Å². The number of halogens is 1. The molecule has 0 heterocycles. The van der Waals surface area contributed by atoms with Crippen molar-refractivity contribution in [1.29, 1.82) is 0 Å². The van der Waals surface area contributed by atoms with Gasteiger partial charge in [-0.3, -0.25) is 4.79 Å². The molecule has 2 aromatic carbocycles. The second kappa shape index (κ2) is 5.90. The van der Waals surface area contributed by atoms with Crippen LogP contribution in [0.5, 0.6) is 0 Å². The minimum atomic E-state index is -0.124. The highest BCUT2D eigenvalue weighted by atomic mass is 35.5. The number of carbonyl (C=O) groups excluding carboxylic acids is 1. The molecule has 0 saturated carbocycles. The van der Waals surface area contributed by atoms with Crippen LogP contribution in [0.1, 0.15) is 42.3 Å². The number of hydrogen-bond acceptors (Lipinski definition) is 1. The van der Waals surface area contributed by atoms with E-state index in [1.807, 2.05) is 43.3 Å². The molecule has 0 radical (unpaired) electrons. The molecule has 0 saturated heterocycles. The van der Waals surface area contributed by atoms with Gasteiger partial charge in [0.25, 0.3) is 5.91 Å². The van der Waals surface area contributed by atoms with Gasteiger partial charge >= 0.3 is 0 Å². The van der Waals surface area contributed by atoms with Crippen molar-refractivity contribution < 1.29 is 4.79 Å². The summed E-state index contributed by atoms with van der Waals surface area (Å²) in [5.41, 5.74) is 3.66. The zero-order chi connectivity index (χ0) is 15.6. The van der Waals surface area contributed by atoms with Gasteiger partial charge in [-0.05, 0) is 47.7 Å². The fourth-order valence-corrected chi connectivity index (χ4v) is 2.22. The van der Waals surface area contributed by atoms with Gasteiger partial charge in [0.1, 0.15) is 0 Å². The molecule has 0 aliphatic carbocycles. The Bertz CT molecular complexity index is 654. The van der Waals surface area contributed by atoms with Gasteiger partial charge in [0.05, 0.1) is 0 Å². The standard InChI is InChI=1S/C18H20ClNO/c1-12-5-10-15(19)11-16(12)20-17(21)13-6-8-14(9-7-13)18(2,3)4/h5-11H,1-4H3,(H,20,21). The lowest BCUT2D eigenvalue weighted by Crippen LogP contribution is -2.14. The molecule has 2 rings (SSSR count). The highest BCUT2D eigenvalue weighted by molar-refractivity contribution is 6.31. The molecule has 1 N–H and O–H groups in total. The van der Waals surface area contributed by atoms with E-state index in [-0.39, 0.29) is 11.3 Å². The van der Waals surface area contributed by atoms with E-state index in [4.69, 9.17) is 11.6 Å². The first-order valence-corrected chi connectivity index (χ1v) is 7.33. The molecule has 0 aliphatic rings. The van der Waals surface area contributed by atoms with Gasteiger partial charge in [-0.2, -0.15) is 0 Å². The summed E-state index contributed by atoms with van der Waals surface area (Å²) in [5.74, 6) is -0.124. The summed E-state index contributed by atoms with van der Waals surface area (Å²) in [7, 11) is 0. The molecule has 3 heteroatoms. The zero-order valence-electron chi connectivity index (χ0n) is 12.8. The van der Waals surface area contributed by atoms with Crippen molar-refractivity contribution >= 4 is 23.2 Å². The van der Waals surface area contributed by atoms with Gasteiger partial charge < -0.3 is 5.32 Å². The van der Waals surface area contributed by atoms with Crippen LogP contribution in [0, 0.1) is 6.92 Å². The van der Waals surface area contributed by atoms with E-state index < -0.39 is 0 Å². The fraction of sp³-hybridized carbons (Fsp3) is 0.278. The minimum absolute atomic E-state index is 0.0819. The third kappa shape index (κ3) is 3.85. The van der Waals surface area contributed by atoms with E-state index in [1.165, 1.54) is 5.56 Å². The predicted octanol–water partition coefficient (Wildman–Crippen LogP) is 5.20. The second-order valence-electron chi connectivity index (χ2n) is 6.24. The number of nitrogens with one attached hydrogen (secondary N) is 1. The first kappa shape index (κ1) is 15.6. The summed E-state index contributed by atoms with van der Waals surface area (Å²) in [4.78, 5) is 12.3. The van der Waals surface area contributed by atoms with Crippen molar-refractivity contribution in [3.63, 3.8) is 0 Å². The van der Waals surface area contributed by atoms with Gasteiger partial charge in [-0.15, -0.1) is 0 Å². The Balaban J connectivity index is 2.19. The van der Waals surface area contributed by atoms with Gasteiger partial charge in [-0.1, -0.05) is 50.6 Å². The maximum Gasteiger partial charge on any atom is 0.255 e. The Morgan fingerprint density at radius 3 is 2.24 bits per heavy atom. The van der Waals surface area contributed by atoms with E-state index in [1.54, 1.807) is 6.07 Å². The number of anilines is 1. The molecule has 0 unspecified atom stereocenters. The van der Waals surface area contributed by atoms with Crippen molar-refractivity contribution in [2.24, 2.45) is 0 Å². The summed E-state index contributed by atoms with van der Waals surface area (Å²) >= 11 is 5.97. The van der Waals surface area contributed by atoms with Crippen LogP contribution in [0.4, 0.5) is 5.69 Å². The third-order valence-electron chi connectivity index (χ3n) is 3.46. The Labute approximate surface area is 131 Å². The van der Waals surface area contributed by atoms with E-state index in [0.29, 0.717) is 10.6 Å². The molecule has 2 nitrogen and oxygen atoms in total. The van der Waals surface area contributed by atoms with Gasteiger partial charge in [0.2, 0.25) is 0 Å². The lowest BCUT2D eigenvalue weighted by molar-refractivity contribution is 0.102. The van der Waals surface area contributed by atoms with Crippen LogP contribution in [0.2, 0.25) is 5.02 Å². The third-order valence-corrected chi connectivity index (χ3v) is 3.70. The van der Waals surface area contributed by atoms with Crippen LogP contribution >= 0.6 is 11.6 Å². The molecular weight excluding hydrogens is 282 g/mol. The second-order valence-corrected chi connectivity index (χ2v) is 6.68. The quantitative estimate of drug-likeness (QED) is 0.811. The van der Waals surface area contributed by atoms with Crippen molar-refractivity contribution in [1.82, 2.24) is 0 Å². The molecular formula is C18H20ClNO. The van der Waals surface area contributed by atoms with Crippen molar-refractivity contribution in [2.45, 2.75) is 33.1 Å². The molecule has 1 amide bonds. The number of benzene rings is 2. The Morgan fingerprint density at radius 1 is 1.05 bits per heavy atom. The number of carbonyl (C=O) groups is 1. The number of aryl methyl sites for hydroxylation is 1. The first-order valence-electron chi connectivity index (χ1n) is 6.95. The smallest absolute Gasteiger partial charge is 0.255 e. The maximum absolute atomic E-state index is 12.3. The van der Waals surface area contributed by atoms with E-state index in [0.717, 1.165) is 11.3 Å². The Hall–Kier alpha value is -1.80. The monoisotopic (exact) mass is 301 g/mol. The van der Waals surface area contributed by atoms with Crippen molar-refractivity contribution in [3.8, 4) is 0 Å². The Kier molecular flexibility index (Phi) is 4.38. The first-order chi connectivity index (χ1) is 9.77. The summed E-state index contributed by atoms with van der Waals surface area (Å²) in [6.45, 7) is 8.39. The van der Waals surface area contributed by atoms with Crippen LogP contribution in [-0.2, 0) is 5.41 Å². The largest absolute Gasteiger partial charge is 0.322 e. The number of hydrogen-bond donors (Lipinski definition) is 1. The number of rotatable bonds is 2. The molecule has 0 aliphatic heterocycles. The summed E-state index contributed by atoms with van der Waals surface area (Å²) < 4.78 is 0. The predicted molar refractivity (Wildman–Crippen MR) is 89.3 cm³/mol. The van der Waals surface area contributed by atoms with E-state index in [2.05, 4.69) is 26.1 Å². The zero-order valence-corrected chi connectivity index (χ0v) is 13.6. The van der Waals surface area contributed by atoms with Crippen LogP contribution < -0.4 is 5.32 Å². The maximum atomic E-state index is 12.3. The molecule has 0 spiro atoms. The van der Waals surface area contributed by atoms with Crippen LogP contribution in [0.15, 0.2) is 42.5 Å².